The van der Waals surface area contributed by atoms with Crippen LogP contribution >= 0.6 is 23.2 Å². The topological polar surface area (TPSA) is 64.6 Å². The molecule has 2 aliphatic rings. The molecule has 1 N–H and O–H groups in total. The molecule has 0 aromatic heterocycles. The molecule has 1 aromatic rings. The molecule has 1 aromatic carbocycles. The number of aryl methyl sites for hydroxylation is 1. The largest absolute Gasteiger partial charge is 0.373 e. The lowest BCUT2D eigenvalue weighted by Crippen LogP contribution is -2.49. The van der Waals surface area contributed by atoms with Crippen molar-refractivity contribution in [1.29, 1.82) is 0 Å². The molecule has 23 heavy (non-hydrogen) atoms. The number of rotatable bonds is 3. The van der Waals surface area contributed by atoms with Crippen LogP contribution in [0, 0.1) is 6.92 Å². The summed E-state index contributed by atoms with van der Waals surface area (Å²) >= 11 is 12.0. The Hall–Kier alpha value is -0.370. The van der Waals surface area contributed by atoms with E-state index in [1.165, 1.54) is 12.1 Å². The van der Waals surface area contributed by atoms with Crippen LogP contribution in [-0.2, 0) is 19.5 Å². The van der Waals surface area contributed by atoms with Crippen LogP contribution in [0.15, 0.2) is 17.0 Å². The molecule has 2 fully saturated rings. The highest BCUT2D eigenvalue weighted by atomic mass is 35.5. The van der Waals surface area contributed by atoms with Crippen LogP contribution < -0.4 is 4.72 Å². The fourth-order valence-electron chi connectivity index (χ4n) is 3.09. The summed E-state index contributed by atoms with van der Waals surface area (Å²) < 4.78 is 39.4. The minimum Gasteiger partial charge on any atom is -0.373 e. The Morgan fingerprint density at radius 3 is 2.52 bits per heavy atom. The molecule has 1 aliphatic heterocycles. The second-order valence-corrected chi connectivity index (χ2v) is 8.48. The zero-order valence-electron chi connectivity index (χ0n) is 12.7. The van der Waals surface area contributed by atoms with Gasteiger partial charge < -0.3 is 9.47 Å². The highest BCUT2D eigenvalue weighted by Crippen LogP contribution is 2.31. The van der Waals surface area contributed by atoms with Crippen LogP contribution in [0.4, 0.5) is 0 Å². The van der Waals surface area contributed by atoms with E-state index in [0.29, 0.717) is 36.6 Å². The Kier molecular flexibility index (Phi) is 5.21. The number of ether oxygens (including phenoxy) is 2. The Morgan fingerprint density at radius 1 is 1.09 bits per heavy atom. The van der Waals surface area contributed by atoms with Crippen molar-refractivity contribution in [2.45, 2.75) is 49.3 Å². The van der Waals surface area contributed by atoms with Crippen molar-refractivity contribution in [3.05, 3.63) is 27.7 Å². The third-order valence-corrected chi connectivity index (χ3v) is 6.70. The first-order valence-electron chi connectivity index (χ1n) is 7.58. The molecule has 0 bridgehead atoms. The monoisotopic (exact) mass is 379 g/mol. The van der Waals surface area contributed by atoms with Crippen LogP contribution in [0.1, 0.15) is 24.8 Å². The van der Waals surface area contributed by atoms with Gasteiger partial charge in [-0.25, -0.2) is 13.1 Å². The molecule has 0 spiro atoms. The molecule has 128 valence electrons. The number of hydrogen-bond acceptors (Lipinski definition) is 4. The van der Waals surface area contributed by atoms with E-state index >= 15 is 0 Å². The van der Waals surface area contributed by atoms with Crippen molar-refractivity contribution in [3.63, 3.8) is 0 Å². The van der Waals surface area contributed by atoms with Crippen LogP contribution in [0.25, 0.3) is 0 Å². The second-order valence-electron chi connectivity index (χ2n) is 5.98. The van der Waals surface area contributed by atoms with Gasteiger partial charge >= 0.3 is 0 Å². The van der Waals surface area contributed by atoms with Gasteiger partial charge in [-0.3, -0.25) is 0 Å². The summed E-state index contributed by atoms with van der Waals surface area (Å²) in [6, 6.07) is 2.77. The Morgan fingerprint density at radius 2 is 1.78 bits per heavy atom. The van der Waals surface area contributed by atoms with Crippen molar-refractivity contribution in [3.8, 4) is 0 Å². The normalized spacial score (nSPS) is 28.4. The van der Waals surface area contributed by atoms with Gasteiger partial charge in [0, 0.05) is 11.1 Å². The van der Waals surface area contributed by atoms with Crippen molar-refractivity contribution >= 4 is 33.2 Å². The molecule has 3 rings (SSSR count). The molecule has 1 heterocycles. The lowest BCUT2D eigenvalue weighted by Gasteiger charge is -2.38. The Balaban J connectivity index is 1.75. The van der Waals surface area contributed by atoms with Gasteiger partial charge in [-0.2, -0.15) is 0 Å². The van der Waals surface area contributed by atoms with Gasteiger partial charge in [0.05, 0.1) is 30.4 Å². The quantitative estimate of drug-likeness (QED) is 0.876. The highest BCUT2D eigenvalue weighted by molar-refractivity contribution is 7.89. The predicted molar refractivity (Wildman–Crippen MR) is 88.6 cm³/mol. The lowest BCUT2D eigenvalue weighted by atomic mass is 9.90. The molecule has 8 heteroatoms. The number of benzene rings is 1. The average molecular weight is 380 g/mol. The Labute approximate surface area is 146 Å². The summed E-state index contributed by atoms with van der Waals surface area (Å²) in [6.45, 7) is 2.91. The van der Waals surface area contributed by atoms with Crippen molar-refractivity contribution < 1.29 is 17.9 Å². The van der Waals surface area contributed by atoms with Gasteiger partial charge in [-0.05, 0) is 43.9 Å². The highest BCUT2D eigenvalue weighted by Gasteiger charge is 2.36. The molecule has 1 saturated heterocycles. The minimum atomic E-state index is -3.70. The first-order chi connectivity index (χ1) is 10.9. The van der Waals surface area contributed by atoms with Gasteiger partial charge in [0.2, 0.25) is 10.0 Å². The summed E-state index contributed by atoms with van der Waals surface area (Å²) in [5.41, 5.74) is 0.671. The fraction of sp³-hybridized carbons (Fsp3) is 0.600. The number of sulfonamides is 1. The van der Waals surface area contributed by atoms with Crippen LogP contribution in [-0.4, -0.2) is 39.9 Å². The van der Waals surface area contributed by atoms with E-state index in [9.17, 15) is 8.42 Å². The van der Waals surface area contributed by atoms with E-state index in [0.717, 1.165) is 6.42 Å². The van der Waals surface area contributed by atoms with E-state index in [4.69, 9.17) is 32.7 Å². The SMILES string of the molecule is Cc1cc(S(=O)(=O)NC2CCC3OCCOC3C2)c(Cl)cc1Cl. The summed E-state index contributed by atoms with van der Waals surface area (Å²) in [5, 5.41) is 0.571. The lowest BCUT2D eigenvalue weighted by molar-refractivity contribution is -0.156. The molecule has 0 amide bonds. The maximum Gasteiger partial charge on any atom is 0.242 e. The third-order valence-electron chi connectivity index (χ3n) is 4.30. The van der Waals surface area contributed by atoms with Crippen molar-refractivity contribution in [1.82, 2.24) is 4.72 Å². The van der Waals surface area contributed by atoms with Gasteiger partial charge in [-0.15, -0.1) is 0 Å². The smallest absolute Gasteiger partial charge is 0.242 e. The Bertz CT molecular complexity index is 695. The van der Waals surface area contributed by atoms with E-state index in [-0.39, 0.29) is 28.2 Å². The molecule has 5 nitrogen and oxygen atoms in total. The molecule has 3 unspecified atom stereocenters. The number of fused-ring (bicyclic) bond motifs is 1. The minimum absolute atomic E-state index is 0.0485. The van der Waals surface area contributed by atoms with Crippen LogP contribution in [0.3, 0.4) is 0 Å². The van der Waals surface area contributed by atoms with Crippen molar-refractivity contribution in [2.75, 3.05) is 13.2 Å². The van der Waals surface area contributed by atoms with Gasteiger partial charge in [0.15, 0.2) is 0 Å². The maximum absolute atomic E-state index is 12.6. The fourth-order valence-corrected chi connectivity index (χ4v) is 5.21. The van der Waals surface area contributed by atoms with Gasteiger partial charge in [0.1, 0.15) is 4.90 Å². The summed E-state index contributed by atoms with van der Waals surface area (Å²) in [6.07, 6.45) is 2.13. The molecule has 1 aliphatic carbocycles. The molecule has 0 radical (unpaired) electrons. The first-order valence-corrected chi connectivity index (χ1v) is 9.82. The summed E-state index contributed by atoms with van der Waals surface area (Å²) in [5.74, 6) is 0. The van der Waals surface area contributed by atoms with E-state index in [2.05, 4.69) is 4.72 Å². The van der Waals surface area contributed by atoms with Crippen LogP contribution in [0.2, 0.25) is 10.0 Å². The van der Waals surface area contributed by atoms with Crippen LogP contribution in [0.5, 0.6) is 0 Å². The summed E-state index contributed by atoms with van der Waals surface area (Å²) in [7, 11) is -3.70. The molecule has 3 atom stereocenters. The van der Waals surface area contributed by atoms with Gasteiger partial charge in [0.25, 0.3) is 0 Å². The average Bonchev–Trinajstić information content (AvgIpc) is 2.50. The number of halogens is 2. The molecular weight excluding hydrogens is 361 g/mol. The molecular formula is C15H19Cl2NO4S. The number of hydrogen-bond donors (Lipinski definition) is 1. The van der Waals surface area contributed by atoms with Gasteiger partial charge in [-0.1, -0.05) is 23.2 Å². The second kappa shape index (κ2) is 6.86. The van der Waals surface area contributed by atoms with E-state index in [1.54, 1.807) is 6.92 Å². The molecule has 1 saturated carbocycles. The zero-order valence-corrected chi connectivity index (χ0v) is 15.0. The summed E-state index contributed by atoms with van der Waals surface area (Å²) in [4.78, 5) is 0.0593. The zero-order chi connectivity index (χ0) is 16.6. The first kappa shape index (κ1) is 17.5. The van der Waals surface area contributed by atoms with Crippen molar-refractivity contribution in [2.24, 2.45) is 0 Å². The van der Waals surface area contributed by atoms with E-state index in [1.807, 2.05) is 0 Å². The predicted octanol–water partition coefficient (Wildman–Crippen LogP) is 2.92. The third kappa shape index (κ3) is 3.83. The standard InChI is InChI=1S/C15H19Cl2NO4S/c1-9-6-15(12(17)8-11(9)16)23(19,20)18-10-2-3-13-14(7-10)22-5-4-21-13/h6,8,10,13-14,18H,2-5,7H2,1H3. The van der Waals surface area contributed by atoms with E-state index < -0.39 is 10.0 Å². The maximum atomic E-state index is 12.6. The number of nitrogens with one attached hydrogen (secondary N) is 1.